The first-order valence-electron chi connectivity index (χ1n) is 7.99. The number of piperidine rings is 1. The van der Waals surface area contributed by atoms with Crippen molar-refractivity contribution in [3.63, 3.8) is 0 Å². The first-order valence-corrected chi connectivity index (χ1v) is 7.99. The number of ether oxygens (including phenoxy) is 2. The van der Waals surface area contributed by atoms with Crippen LogP contribution in [0.15, 0.2) is 18.3 Å². The van der Waals surface area contributed by atoms with Crippen LogP contribution in [0.25, 0.3) is 0 Å². The Hall–Kier alpha value is -1.66. The topological polar surface area (TPSA) is 63.7 Å². The number of likely N-dealkylation sites (tertiary alicyclic amines) is 1. The number of nitrogens with zero attached hydrogens (tertiary/aromatic N) is 2. The van der Waals surface area contributed by atoms with E-state index in [-0.39, 0.29) is 5.91 Å². The molecule has 0 atom stereocenters. The molecular weight excluding hydrogens is 282 g/mol. The predicted octanol–water partition coefficient (Wildman–Crippen LogP) is 1.88. The second kappa shape index (κ2) is 6.62. The van der Waals surface area contributed by atoms with E-state index < -0.39 is 5.79 Å². The molecule has 120 valence electrons. The molecule has 1 aromatic rings. The number of amides is 1. The number of hydrogen-bond donors (Lipinski definition) is 1. The fourth-order valence-corrected chi connectivity index (χ4v) is 2.89. The minimum atomic E-state index is -0.446. The lowest BCUT2D eigenvalue weighted by molar-refractivity contribution is -0.181. The molecule has 2 fully saturated rings. The average Bonchev–Trinajstić information content (AvgIpc) is 3.02. The maximum absolute atomic E-state index is 12.5. The van der Waals surface area contributed by atoms with Crippen LogP contribution >= 0.6 is 0 Å². The maximum Gasteiger partial charge on any atom is 0.272 e. The smallest absolute Gasteiger partial charge is 0.272 e. The molecule has 3 rings (SSSR count). The first-order chi connectivity index (χ1) is 10.7. The summed E-state index contributed by atoms with van der Waals surface area (Å²) in [6.07, 6.45) is 4.24. The Bertz CT molecular complexity index is 502. The van der Waals surface area contributed by atoms with E-state index in [9.17, 15) is 4.79 Å². The van der Waals surface area contributed by atoms with Crippen LogP contribution in [0.3, 0.4) is 0 Å². The highest BCUT2D eigenvalue weighted by Crippen LogP contribution is 2.31. The molecule has 1 aromatic heterocycles. The molecule has 2 aliphatic rings. The third kappa shape index (κ3) is 3.23. The molecular formula is C16H23N3O3. The Morgan fingerprint density at radius 2 is 2.05 bits per heavy atom. The highest BCUT2D eigenvalue weighted by atomic mass is 16.7. The van der Waals surface area contributed by atoms with Gasteiger partial charge in [-0.1, -0.05) is 6.92 Å². The van der Waals surface area contributed by atoms with Crippen LogP contribution in [0.5, 0.6) is 0 Å². The summed E-state index contributed by atoms with van der Waals surface area (Å²) in [5.74, 6) is -0.465. The molecule has 0 radical (unpaired) electrons. The van der Waals surface area contributed by atoms with Gasteiger partial charge in [-0.05, 0) is 18.6 Å². The second-order valence-electron chi connectivity index (χ2n) is 5.76. The number of aromatic nitrogens is 1. The molecule has 1 N–H and O–H groups in total. The molecule has 6 nitrogen and oxygen atoms in total. The standard InChI is InChI=1S/C16H23N3O3/c1-2-7-17-13-3-4-14(18-12-13)15(20)19-8-5-16(6-9-19)21-10-11-22-16/h3-4,12,17H,2,5-11H2,1H3. The van der Waals surface area contributed by atoms with Crippen molar-refractivity contribution < 1.29 is 14.3 Å². The van der Waals surface area contributed by atoms with Crippen molar-refractivity contribution in [3.05, 3.63) is 24.0 Å². The van der Waals surface area contributed by atoms with Gasteiger partial charge in [0.2, 0.25) is 0 Å². The highest BCUT2D eigenvalue weighted by Gasteiger charge is 2.40. The van der Waals surface area contributed by atoms with Gasteiger partial charge in [-0.25, -0.2) is 4.98 Å². The van der Waals surface area contributed by atoms with Crippen molar-refractivity contribution in [2.45, 2.75) is 32.0 Å². The predicted molar refractivity (Wildman–Crippen MR) is 82.8 cm³/mol. The minimum absolute atomic E-state index is 0.0186. The summed E-state index contributed by atoms with van der Waals surface area (Å²) in [5, 5.41) is 3.25. The lowest BCUT2D eigenvalue weighted by Crippen LogP contribution is -2.47. The molecule has 1 spiro atoms. The number of hydrogen-bond acceptors (Lipinski definition) is 5. The molecule has 22 heavy (non-hydrogen) atoms. The summed E-state index contributed by atoms with van der Waals surface area (Å²) in [4.78, 5) is 18.6. The summed E-state index contributed by atoms with van der Waals surface area (Å²) in [6, 6.07) is 3.69. The number of carbonyl (C=O) groups is 1. The Balaban J connectivity index is 1.57. The van der Waals surface area contributed by atoms with Gasteiger partial charge in [-0.3, -0.25) is 4.79 Å². The van der Waals surface area contributed by atoms with Gasteiger partial charge in [0.15, 0.2) is 5.79 Å². The van der Waals surface area contributed by atoms with Gasteiger partial charge in [0.05, 0.1) is 25.1 Å². The fraction of sp³-hybridized carbons (Fsp3) is 0.625. The van der Waals surface area contributed by atoms with Crippen LogP contribution in [0.4, 0.5) is 5.69 Å². The Morgan fingerprint density at radius 3 is 2.64 bits per heavy atom. The summed E-state index contributed by atoms with van der Waals surface area (Å²) in [7, 11) is 0. The van der Waals surface area contributed by atoms with E-state index in [1.807, 2.05) is 11.0 Å². The zero-order valence-corrected chi connectivity index (χ0v) is 13.0. The molecule has 0 bridgehead atoms. The molecule has 6 heteroatoms. The Labute approximate surface area is 130 Å². The number of rotatable bonds is 4. The number of pyridine rings is 1. The van der Waals surface area contributed by atoms with Crippen molar-refractivity contribution in [2.75, 3.05) is 38.2 Å². The zero-order valence-electron chi connectivity index (χ0n) is 13.0. The van der Waals surface area contributed by atoms with E-state index in [0.29, 0.717) is 32.0 Å². The molecule has 1 amide bonds. The molecule has 2 aliphatic heterocycles. The lowest BCUT2D eigenvalue weighted by Gasteiger charge is -2.37. The molecule has 0 unspecified atom stereocenters. The highest BCUT2D eigenvalue weighted by molar-refractivity contribution is 5.92. The van der Waals surface area contributed by atoms with Crippen LogP contribution < -0.4 is 5.32 Å². The van der Waals surface area contributed by atoms with Crippen molar-refractivity contribution in [3.8, 4) is 0 Å². The zero-order chi connectivity index (χ0) is 15.4. The van der Waals surface area contributed by atoms with Crippen LogP contribution in [-0.2, 0) is 9.47 Å². The fourth-order valence-electron chi connectivity index (χ4n) is 2.89. The van der Waals surface area contributed by atoms with Gasteiger partial charge < -0.3 is 19.7 Å². The summed E-state index contributed by atoms with van der Waals surface area (Å²) in [5.41, 5.74) is 1.44. The number of carbonyl (C=O) groups excluding carboxylic acids is 1. The normalized spacial score (nSPS) is 20.3. The van der Waals surface area contributed by atoms with E-state index in [1.54, 1.807) is 12.3 Å². The maximum atomic E-state index is 12.5. The van der Waals surface area contributed by atoms with Crippen molar-refractivity contribution >= 4 is 11.6 Å². The molecule has 0 aromatic carbocycles. The van der Waals surface area contributed by atoms with Gasteiger partial charge in [0, 0.05) is 32.5 Å². The van der Waals surface area contributed by atoms with Gasteiger partial charge in [0.25, 0.3) is 5.91 Å². The first kappa shape index (κ1) is 15.2. The number of nitrogens with one attached hydrogen (secondary N) is 1. The molecule has 0 saturated carbocycles. The number of anilines is 1. The van der Waals surface area contributed by atoms with Gasteiger partial charge in [-0.15, -0.1) is 0 Å². The van der Waals surface area contributed by atoms with Crippen LogP contribution in [0.2, 0.25) is 0 Å². The van der Waals surface area contributed by atoms with E-state index in [0.717, 1.165) is 31.5 Å². The lowest BCUT2D eigenvalue weighted by atomic mass is 10.0. The van der Waals surface area contributed by atoms with E-state index in [4.69, 9.17) is 9.47 Å². The summed E-state index contributed by atoms with van der Waals surface area (Å²) in [6.45, 7) is 5.62. The minimum Gasteiger partial charge on any atom is -0.384 e. The SMILES string of the molecule is CCCNc1ccc(C(=O)N2CCC3(CC2)OCCO3)nc1. The van der Waals surface area contributed by atoms with Crippen molar-refractivity contribution in [1.82, 2.24) is 9.88 Å². The molecule has 2 saturated heterocycles. The monoisotopic (exact) mass is 305 g/mol. The van der Waals surface area contributed by atoms with Gasteiger partial charge in [-0.2, -0.15) is 0 Å². The largest absolute Gasteiger partial charge is 0.384 e. The van der Waals surface area contributed by atoms with Crippen molar-refractivity contribution in [2.24, 2.45) is 0 Å². The Kier molecular flexibility index (Phi) is 4.59. The quantitative estimate of drug-likeness (QED) is 0.920. The van der Waals surface area contributed by atoms with Crippen LogP contribution in [0.1, 0.15) is 36.7 Å². The third-order valence-corrected chi connectivity index (χ3v) is 4.19. The Morgan fingerprint density at radius 1 is 1.32 bits per heavy atom. The second-order valence-corrected chi connectivity index (χ2v) is 5.76. The van der Waals surface area contributed by atoms with Crippen LogP contribution in [-0.4, -0.2) is 54.4 Å². The van der Waals surface area contributed by atoms with Crippen LogP contribution in [0, 0.1) is 0 Å². The van der Waals surface area contributed by atoms with Gasteiger partial charge in [0.1, 0.15) is 5.69 Å². The summed E-state index contributed by atoms with van der Waals surface area (Å²) < 4.78 is 11.4. The van der Waals surface area contributed by atoms with Crippen molar-refractivity contribution in [1.29, 1.82) is 0 Å². The molecule has 0 aliphatic carbocycles. The summed E-state index contributed by atoms with van der Waals surface area (Å²) >= 11 is 0. The third-order valence-electron chi connectivity index (χ3n) is 4.19. The van der Waals surface area contributed by atoms with E-state index in [2.05, 4.69) is 17.2 Å². The average molecular weight is 305 g/mol. The molecule has 3 heterocycles. The van der Waals surface area contributed by atoms with Gasteiger partial charge >= 0.3 is 0 Å². The van der Waals surface area contributed by atoms with E-state index >= 15 is 0 Å². The van der Waals surface area contributed by atoms with E-state index in [1.165, 1.54) is 0 Å².